The number of carbonyl (C=O) groups is 1. The second-order valence-corrected chi connectivity index (χ2v) is 10.0. The Morgan fingerprint density at radius 3 is 2.78 bits per heavy atom. The molecule has 0 saturated heterocycles. The third-order valence-electron chi connectivity index (χ3n) is 5.90. The van der Waals surface area contributed by atoms with E-state index < -0.39 is 0 Å². The van der Waals surface area contributed by atoms with E-state index in [0.29, 0.717) is 6.04 Å². The Hall–Kier alpha value is -4.37. The fraction of sp³-hybridized carbons (Fsp3) is 0.148. The van der Waals surface area contributed by atoms with Crippen LogP contribution in [0.4, 0.5) is 5.69 Å². The van der Waals surface area contributed by atoms with Gasteiger partial charge in [0.15, 0.2) is 5.78 Å². The molecule has 178 valence electrons. The molecule has 6 aromatic heterocycles. The first-order valence-electron chi connectivity index (χ1n) is 11.6. The zero-order chi connectivity index (χ0) is 24.8. The van der Waals surface area contributed by atoms with E-state index in [9.17, 15) is 4.79 Å². The molecule has 0 aliphatic rings. The topological polar surface area (TPSA) is 112 Å². The Morgan fingerprint density at radius 2 is 1.97 bits per heavy atom. The lowest BCUT2D eigenvalue weighted by atomic mass is 10.1. The molecule has 0 saturated carbocycles. The fourth-order valence-electron chi connectivity index (χ4n) is 4.28. The molecule has 3 N–H and O–H groups in total. The van der Waals surface area contributed by atoms with Gasteiger partial charge < -0.3 is 10.3 Å². The molecule has 0 amide bonds. The molecule has 9 heteroatoms. The monoisotopic (exact) mass is 493 g/mol. The van der Waals surface area contributed by atoms with Gasteiger partial charge in [0.2, 0.25) is 0 Å². The highest BCUT2D eigenvalue weighted by Crippen LogP contribution is 2.36. The van der Waals surface area contributed by atoms with E-state index in [4.69, 9.17) is 4.98 Å². The summed E-state index contributed by atoms with van der Waals surface area (Å²) >= 11 is 1.49. The predicted molar refractivity (Wildman–Crippen MR) is 144 cm³/mol. The lowest BCUT2D eigenvalue weighted by Gasteiger charge is -2.10. The van der Waals surface area contributed by atoms with Gasteiger partial charge >= 0.3 is 0 Å². The maximum absolute atomic E-state index is 11.8. The summed E-state index contributed by atoms with van der Waals surface area (Å²) in [6.07, 6.45) is 5.40. The fourth-order valence-corrected chi connectivity index (χ4v) is 5.22. The van der Waals surface area contributed by atoms with Crippen molar-refractivity contribution in [1.82, 2.24) is 30.1 Å². The number of carbonyl (C=O) groups excluding carboxylic acids is 1. The highest BCUT2D eigenvalue weighted by atomic mass is 32.1. The lowest BCUT2D eigenvalue weighted by molar-refractivity contribution is 0.102. The van der Waals surface area contributed by atoms with Crippen molar-refractivity contribution in [2.24, 2.45) is 0 Å². The number of anilines is 1. The maximum Gasteiger partial charge on any atom is 0.169 e. The van der Waals surface area contributed by atoms with Gasteiger partial charge in [0, 0.05) is 46.0 Å². The van der Waals surface area contributed by atoms with E-state index >= 15 is 0 Å². The first-order valence-corrected chi connectivity index (χ1v) is 12.4. The van der Waals surface area contributed by atoms with Gasteiger partial charge in [0.1, 0.15) is 16.9 Å². The van der Waals surface area contributed by atoms with E-state index in [-0.39, 0.29) is 5.78 Å². The largest absolute Gasteiger partial charge is 0.382 e. The van der Waals surface area contributed by atoms with E-state index in [2.05, 4.69) is 50.4 Å². The predicted octanol–water partition coefficient (Wildman–Crippen LogP) is 6.31. The standard InChI is InChI=1S/C27H23N7OS/c1-14(2)30-17-10-16(12-28-13-17)20-4-5-21-25(31-20)26(34-33-21)22-11-19-18(8-9-29-27(19)32-22)24-7-6-23(36-24)15(3)35/h4-14,30H,1-3H3,(H,29,32)(H,33,34). The summed E-state index contributed by atoms with van der Waals surface area (Å²) in [6.45, 7) is 5.77. The Bertz CT molecular complexity index is 1740. The van der Waals surface area contributed by atoms with Gasteiger partial charge in [-0.05, 0) is 63.2 Å². The summed E-state index contributed by atoms with van der Waals surface area (Å²) in [5.74, 6) is 0.0666. The van der Waals surface area contributed by atoms with Gasteiger partial charge in [-0.1, -0.05) is 0 Å². The van der Waals surface area contributed by atoms with E-state index in [1.807, 2.05) is 48.8 Å². The summed E-state index contributed by atoms with van der Waals surface area (Å²) in [5, 5.41) is 12.0. The SMILES string of the molecule is CC(=O)c1ccc(-c2ccnc3[nH]c(-c4n[nH]c5ccc(-c6cncc(NC(C)C)c6)nc45)cc23)s1. The molecule has 0 fully saturated rings. The molecule has 0 bridgehead atoms. The molecule has 6 rings (SSSR count). The van der Waals surface area contributed by atoms with Crippen molar-refractivity contribution in [2.75, 3.05) is 5.32 Å². The number of pyridine rings is 3. The number of ketones is 1. The number of nitrogens with one attached hydrogen (secondary N) is 3. The molecule has 0 aromatic carbocycles. The number of aromatic nitrogens is 6. The molecule has 0 radical (unpaired) electrons. The molecule has 6 aromatic rings. The van der Waals surface area contributed by atoms with Crippen molar-refractivity contribution < 1.29 is 4.79 Å². The van der Waals surface area contributed by atoms with Gasteiger partial charge in [0.05, 0.1) is 27.5 Å². The van der Waals surface area contributed by atoms with Crippen molar-refractivity contribution in [2.45, 2.75) is 26.8 Å². The zero-order valence-corrected chi connectivity index (χ0v) is 20.8. The highest BCUT2D eigenvalue weighted by molar-refractivity contribution is 7.17. The van der Waals surface area contributed by atoms with Gasteiger partial charge in [-0.3, -0.25) is 14.9 Å². The third kappa shape index (κ3) is 3.93. The first-order chi connectivity index (χ1) is 17.5. The zero-order valence-electron chi connectivity index (χ0n) is 20.0. The maximum atomic E-state index is 11.8. The second-order valence-electron chi connectivity index (χ2n) is 8.95. The van der Waals surface area contributed by atoms with Gasteiger partial charge in [-0.2, -0.15) is 5.10 Å². The Balaban J connectivity index is 1.43. The van der Waals surface area contributed by atoms with Crippen molar-refractivity contribution in [3.8, 4) is 33.1 Å². The van der Waals surface area contributed by atoms with Crippen molar-refractivity contribution in [1.29, 1.82) is 0 Å². The van der Waals surface area contributed by atoms with Crippen LogP contribution in [-0.4, -0.2) is 42.0 Å². The number of nitrogens with zero attached hydrogens (tertiary/aromatic N) is 4. The van der Waals surface area contributed by atoms with Crippen molar-refractivity contribution in [3.05, 3.63) is 65.9 Å². The molecular formula is C27H23N7OS. The first kappa shape index (κ1) is 22.1. The lowest BCUT2D eigenvalue weighted by Crippen LogP contribution is -2.09. The van der Waals surface area contributed by atoms with E-state index in [1.165, 1.54) is 11.3 Å². The molecule has 0 unspecified atom stereocenters. The van der Waals surface area contributed by atoms with E-state index in [0.717, 1.165) is 65.7 Å². The van der Waals surface area contributed by atoms with Gasteiger partial charge in [-0.15, -0.1) is 11.3 Å². The third-order valence-corrected chi connectivity index (χ3v) is 7.12. The van der Waals surface area contributed by atoms with Crippen LogP contribution in [0.15, 0.2) is 61.1 Å². The number of thiophene rings is 1. The number of aromatic amines is 2. The van der Waals surface area contributed by atoms with Crippen molar-refractivity contribution in [3.63, 3.8) is 0 Å². The number of hydrogen-bond donors (Lipinski definition) is 3. The van der Waals surface area contributed by atoms with Crippen molar-refractivity contribution >= 4 is 44.9 Å². The van der Waals surface area contributed by atoms with Crippen LogP contribution in [0.1, 0.15) is 30.4 Å². The quantitative estimate of drug-likeness (QED) is 0.234. The summed E-state index contributed by atoms with van der Waals surface area (Å²) in [6, 6.07) is 14.2. The van der Waals surface area contributed by atoms with Crippen LogP contribution >= 0.6 is 11.3 Å². The van der Waals surface area contributed by atoms with Gasteiger partial charge in [0.25, 0.3) is 0 Å². The van der Waals surface area contributed by atoms with Crippen LogP contribution < -0.4 is 5.32 Å². The Morgan fingerprint density at radius 1 is 1.08 bits per heavy atom. The number of fused-ring (bicyclic) bond motifs is 2. The molecular weight excluding hydrogens is 470 g/mol. The van der Waals surface area contributed by atoms with Crippen LogP contribution in [0.2, 0.25) is 0 Å². The molecule has 0 aliphatic heterocycles. The Labute approximate surface area is 210 Å². The summed E-state index contributed by atoms with van der Waals surface area (Å²) < 4.78 is 0. The number of rotatable bonds is 6. The smallest absolute Gasteiger partial charge is 0.169 e. The van der Waals surface area contributed by atoms with Crippen LogP contribution in [0, 0.1) is 0 Å². The van der Waals surface area contributed by atoms with Gasteiger partial charge in [-0.25, -0.2) is 9.97 Å². The molecule has 36 heavy (non-hydrogen) atoms. The van der Waals surface area contributed by atoms with Crippen LogP contribution in [-0.2, 0) is 0 Å². The molecule has 6 heterocycles. The molecule has 0 atom stereocenters. The number of Topliss-reactive ketones (excluding diaryl/α,β-unsaturated/α-hetero) is 1. The Kier molecular flexibility index (Phi) is 5.34. The molecule has 0 aliphatic carbocycles. The summed E-state index contributed by atoms with van der Waals surface area (Å²) in [4.78, 5) is 30.8. The molecule has 8 nitrogen and oxygen atoms in total. The number of hydrogen-bond acceptors (Lipinski definition) is 7. The van der Waals surface area contributed by atoms with Crippen LogP contribution in [0.5, 0.6) is 0 Å². The minimum Gasteiger partial charge on any atom is -0.382 e. The normalized spacial score (nSPS) is 11.6. The molecule has 0 spiro atoms. The second kappa shape index (κ2) is 8.69. The average Bonchev–Trinajstić information content (AvgIpc) is 3.60. The number of H-pyrrole nitrogens is 2. The summed E-state index contributed by atoms with van der Waals surface area (Å²) in [5.41, 5.74) is 7.61. The average molecular weight is 494 g/mol. The van der Waals surface area contributed by atoms with E-state index in [1.54, 1.807) is 13.1 Å². The van der Waals surface area contributed by atoms with Crippen LogP contribution in [0.25, 0.3) is 55.2 Å². The highest BCUT2D eigenvalue weighted by Gasteiger charge is 2.17. The minimum atomic E-state index is 0.0666. The minimum absolute atomic E-state index is 0.0666. The summed E-state index contributed by atoms with van der Waals surface area (Å²) in [7, 11) is 0. The van der Waals surface area contributed by atoms with Crippen LogP contribution in [0.3, 0.4) is 0 Å².